The fourth-order valence-corrected chi connectivity index (χ4v) is 4.56. The van der Waals surface area contributed by atoms with Crippen LogP contribution in [0.15, 0.2) is 35.6 Å². The van der Waals surface area contributed by atoms with E-state index in [9.17, 15) is 4.79 Å². The monoisotopic (exact) mass is 385 g/mol. The first-order chi connectivity index (χ1) is 12.3. The highest BCUT2D eigenvalue weighted by molar-refractivity contribution is 8.00. The standard InChI is InChI=1S/C20H23N3OS2/c1-12-13(2)26-19-17(12)18(21-11-22-19)25-10-16(24)23-15-8-6-14(7-9-15)20(3,4)5/h6-9,11H,10H2,1-5H3,(H,23,24). The van der Waals surface area contributed by atoms with Gasteiger partial charge in [0, 0.05) is 16.0 Å². The fraction of sp³-hybridized carbons (Fsp3) is 0.350. The van der Waals surface area contributed by atoms with Crippen molar-refractivity contribution in [2.24, 2.45) is 0 Å². The van der Waals surface area contributed by atoms with Gasteiger partial charge in [-0.3, -0.25) is 4.79 Å². The molecule has 6 heteroatoms. The number of aryl methyl sites for hydroxylation is 2. The number of thioether (sulfide) groups is 1. The van der Waals surface area contributed by atoms with Crippen molar-refractivity contribution in [1.29, 1.82) is 0 Å². The molecule has 0 saturated carbocycles. The van der Waals surface area contributed by atoms with Crippen molar-refractivity contribution >= 4 is 44.9 Å². The summed E-state index contributed by atoms with van der Waals surface area (Å²) < 4.78 is 0. The van der Waals surface area contributed by atoms with Gasteiger partial charge >= 0.3 is 0 Å². The number of thiophene rings is 1. The minimum atomic E-state index is -0.0325. The Morgan fingerprint density at radius 3 is 2.50 bits per heavy atom. The third kappa shape index (κ3) is 4.07. The molecule has 2 aromatic heterocycles. The number of carbonyl (C=O) groups is 1. The average molecular weight is 386 g/mol. The van der Waals surface area contributed by atoms with Crippen molar-refractivity contribution < 1.29 is 4.79 Å². The molecule has 0 bridgehead atoms. The Bertz CT molecular complexity index is 940. The van der Waals surface area contributed by atoms with E-state index in [1.165, 1.54) is 27.8 Å². The number of fused-ring (bicyclic) bond motifs is 1. The Kier molecular flexibility index (Phi) is 5.34. The summed E-state index contributed by atoms with van der Waals surface area (Å²) in [4.78, 5) is 23.3. The molecule has 3 rings (SSSR count). The molecular formula is C20H23N3OS2. The molecule has 0 fully saturated rings. The smallest absolute Gasteiger partial charge is 0.234 e. The van der Waals surface area contributed by atoms with Crippen LogP contribution in [-0.2, 0) is 10.2 Å². The fourth-order valence-electron chi connectivity index (χ4n) is 2.64. The van der Waals surface area contributed by atoms with Crippen LogP contribution < -0.4 is 5.32 Å². The van der Waals surface area contributed by atoms with Crippen LogP contribution in [0, 0.1) is 13.8 Å². The first-order valence-corrected chi connectivity index (χ1v) is 10.3. The van der Waals surface area contributed by atoms with E-state index in [1.54, 1.807) is 17.7 Å². The van der Waals surface area contributed by atoms with Crippen LogP contribution in [0.4, 0.5) is 5.69 Å². The minimum Gasteiger partial charge on any atom is -0.325 e. The number of nitrogens with zero attached hydrogens (tertiary/aromatic N) is 2. The summed E-state index contributed by atoms with van der Waals surface area (Å²) in [5, 5.41) is 4.90. The first kappa shape index (κ1) is 18.9. The van der Waals surface area contributed by atoms with Crippen LogP contribution in [-0.4, -0.2) is 21.6 Å². The number of amides is 1. The van der Waals surface area contributed by atoms with Gasteiger partial charge in [-0.05, 0) is 42.5 Å². The Balaban J connectivity index is 1.66. The number of benzene rings is 1. The summed E-state index contributed by atoms with van der Waals surface area (Å²) in [6.45, 7) is 10.7. The van der Waals surface area contributed by atoms with Crippen molar-refractivity contribution in [3.05, 3.63) is 46.6 Å². The molecule has 0 aliphatic rings. The Morgan fingerprint density at radius 2 is 1.85 bits per heavy atom. The number of carbonyl (C=O) groups excluding carboxylic acids is 1. The number of anilines is 1. The van der Waals surface area contributed by atoms with E-state index < -0.39 is 0 Å². The zero-order valence-electron chi connectivity index (χ0n) is 15.7. The van der Waals surface area contributed by atoms with Crippen molar-refractivity contribution in [1.82, 2.24) is 9.97 Å². The average Bonchev–Trinajstić information content (AvgIpc) is 2.88. The van der Waals surface area contributed by atoms with Crippen LogP contribution in [0.2, 0.25) is 0 Å². The number of nitrogens with one attached hydrogen (secondary N) is 1. The van der Waals surface area contributed by atoms with E-state index in [0.717, 1.165) is 20.9 Å². The summed E-state index contributed by atoms with van der Waals surface area (Å²) >= 11 is 3.12. The maximum atomic E-state index is 12.3. The van der Waals surface area contributed by atoms with Crippen LogP contribution in [0.3, 0.4) is 0 Å². The topological polar surface area (TPSA) is 54.9 Å². The second kappa shape index (κ2) is 7.37. The lowest BCUT2D eigenvalue weighted by atomic mass is 9.87. The predicted octanol–water partition coefficient (Wildman–Crippen LogP) is 5.34. The van der Waals surface area contributed by atoms with Crippen LogP contribution in [0.5, 0.6) is 0 Å². The van der Waals surface area contributed by atoms with Gasteiger partial charge < -0.3 is 5.32 Å². The second-order valence-corrected chi connectivity index (χ2v) is 9.47. The summed E-state index contributed by atoms with van der Waals surface area (Å²) in [6, 6.07) is 8.04. The maximum Gasteiger partial charge on any atom is 0.234 e. The third-order valence-corrected chi connectivity index (χ3v) is 6.41. The Hall–Kier alpha value is -1.92. The van der Waals surface area contributed by atoms with Crippen molar-refractivity contribution in [3.8, 4) is 0 Å². The van der Waals surface area contributed by atoms with Crippen molar-refractivity contribution in [2.75, 3.05) is 11.1 Å². The summed E-state index contributed by atoms with van der Waals surface area (Å²) in [6.07, 6.45) is 1.57. The van der Waals surface area contributed by atoms with Crippen LogP contribution >= 0.6 is 23.1 Å². The summed E-state index contributed by atoms with van der Waals surface area (Å²) in [7, 11) is 0. The predicted molar refractivity (Wildman–Crippen MR) is 111 cm³/mol. The molecule has 0 atom stereocenters. The van der Waals surface area contributed by atoms with Gasteiger partial charge in [-0.1, -0.05) is 44.7 Å². The normalized spacial score (nSPS) is 11.7. The third-order valence-electron chi connectivity index (χ3n) is 4.31. The van der Waals surface area contributed by atoms with Crippen molar-refractivity contribution in [2.45, 2.75) is 45.1 Å². The van der Waals surface area contributed by atoms with E-state index in [2.05, 4.69) is 62.0 Å². The van der Waals surface area contributed by atoms with Gasteiger partial charge in [-0.25, -0.2) is 9.97 Å². The molecule has 26 heavy (non-hydrogen) atoms. The lowest BCUT2D eigenvalue weighted by Gasteiger charge is -2.19. The molecule has 0 aliphatic carbocycles. The number of hydrogen-bond acceptors (Lipinski definition) is 5. The first-order valence-electron chi connectivity index (χ1n) is 8.49. The zero-order chi connectivity index (χ0) is 18.9. The van der Waals surface area contributed by atoms with Gasteiger partial charge in [-0.2, -0.15) is 0 Å². The number of hydrogen-bond donors (Lipinski definition) is 1. The highest BCUT2D eigenvalue weighted by Gasteiger charge is 2.15. The maximum absolute atomic E-state index is 12.3. The van der Waals surface area contributed by atoms with Crippen LogP contribution in [0.25, 0.3) is 10.2 Å². The van der Waals surface area contributed by atoms with Crippen molar-refractivity contribution in [3.63, 3.8) is 0 Å². The van der Waals surface area contributed by atoms with E-state index in [-0.39, 0.29) is 11.3 Å². The molecule has 0 aliphatic heterocycles. The van der Waals surface area contributed by atoms with Gasteiger partial charge in [0.15, 0.2) is 0 Å². The second-order valence-electron chi connectivity index (χ2n) is 7.31. The van der Waals surface area contributed by atoms with Gasteiger partial charge in [0.1, 0.15) is 16.2 Å². The highest BCUT2D eigenvalue weighted by atomic mass is 32.2. The lowest BCUT2D eigenvalue weighted by Crippen LogP contribution is -2.15. The molecule has 3 aromatic rings. The zero-order valence-corrected chi connectivity index (χ0v) is 17.3. The Labute approximate surface area is 162 Å². The summed E-state index contributed by atoms with van der Waals surface area (Å²) in [5.74, 6) is 0.288. The SMILES string of the molecule is Cc1sc2ncnc(SCC(=O)Nc3ccc(C(C)(C)C)cc3)c2c1C. The van der Waals surface area contributed by atoms with Gasteiger partial charge in [0.25, 0.3) is 0 Å². The molecule has 4 nitrogen and oxygen atoms in total. The molecular weight excluding hydrogens is 362 g/mol. The molecule has 1 N–H and O–H groups in total. The highest BCUT2D eigenvalue weighted by Crippen LogP contribution is 2.34. The molecule has 2 heterocycles. The van der Waals surface area contributed by atoms with Gasteiger partial charge in [0.2, 0.25) is 5.91 Å². The molecule has 0 spiro atoms. The van der Waals surface area contributed by atoms with E-state index in [1.807, 2.05) is 12.1 Å². The lowest BCUT2D eigenvalue weighted by molar-refractivity contribution is -0.113. The van der Waals surface area contributed by atoms with Gasteiger partial charge in [-0.15, -0.1) is 11.3 Å². The number of rotatable bonds is 4. The molecule has 0 saturated heterocycles. The van der Waals surface area contributed by atoms with Crippen LogP contribution in [0.1, 0.15) is 36.8 Å². The molecule has 136 valence electrons. The molecule has 0 unspecified atom stereocenters. The Morgan fingerprint density at radius 1 is 1.15 bits per heavy atom. The molecule has 1 aromatic carbocycles. The van der Waals surface area contributed by atoms with E-state index in [4.69, 9.17) is 0 Å². The van der Waals surface area contributed by atoms with E-state index >= 15 is 0 Å². The largest absolute Gasteiger partial charge is 0.325 e. The number of aromatic nitrogens is 2. The van der Waals surface area contributed by atoms with Gasteiger partial charge in [0.05, 0.1) is 5.75 Å². The van der Waals surface area contributed by atoms with E-state index in [0.29, 0.717) is 5.75 Å². The quantitative estimate of drug-likeness (QED) is 0.487. The molecule has 1 amide bonds. The molecule has 0 radical (unpaired) electrons. The summed E-state index contributed by atoms with van der Waals surface area (Å²) in [5.41, 5.74) is 3.37. The minimum absolute atomic E-state index is 0.0325.